The summed E-state index contributed by atoms with van der Waals surface area (Å²) in [6.45, 7) is 3.94. The van der Waals surface area contributed by atoms with Gasteiger partial charge in [-0.1, -0.05) is 19.1 Å². The van der Waals surface area contributed by atoms with Crippen LogP contribution in [0.2, 0.25) is 0 Å². The van der Waals surface area contributed by atoms with Gasteiger partial charge in [-0.3, -0.25) is 0 Å². The van der Waals surface area contributed by atoms with Crippen LogP contribution < -0.4 is 5.73 Å². The molecule has 0 aliphatic carbocycles. The van der Waals surface area contributed by atoms with Crippen molar-refractivity contribution in [2.24, 2.45) is 0 Å². The van der Waals surface area contributed by atoms with Gasteiger partial charge in [0.2, 0.25) is 0 Å². The van der Waals surface area contributed by atoms with Crippen molar-refractivity contribution in [2.45, 2.75) is 12.8 Å². The summed E-state index contributed by atoms with van der Waals surface area (Å²) in [5.74, 6) is 0.353. The van der Waals surface area contributed by atoms with Crippen molar-refractivity contribution in [1.29, 1.82) is 0 Å². The lowest BCUT2D eigenvalue weighted by Crippen LogP contribution is -2.26. The molecular formula is C15H21N3OS. The highest BCUT2D eigenvalue weighted by atomic mass is 32.1. The smallest absolute Gasteiger partial charge is 0.0973 e. The van der Waals surface area contributed by atoms with E-state index in [9.17, 15) is 0 Å². The molecule has 1 aromatic carbocycles. The number of rotatable bonds is 6. The van der Waals surface area contributed by atoms with Crippen LogP contribution in [0.5, 0.6) is 0 Å². The van der Waals surface area contributed by atoms with E-state index in [0.717, 1.165) is 28.5 Å². The molecule has 4 nitrogen and oxygen atoms in total. The number of aliphatic hydroxyl groups excluding tert-OH is 1. The Kier molecular flexibility index (Phi) is 5.11. The van der Waals surface area contributed by atoms with E-state index < -0.39 is 0 Å². The van der Waals surface area contributed by atoms with E-state index >= 15 is 0 Å². The van der Waals surface area contributed by atoms with Crippen molar-refractivity contribution < 1.29 is 5.11 Å². The van der Waals surface area contributed by atoms with Crippen LogP contribution in [-0.2, 0) is 0 Å². The molecule has 1 heterocycles. The number of thiazole rings is 1. The second-order valence-electron chi connectivity index (χ2n) is 5.08. The summed E-state index contributed by atoms with van der Waals surface area (Å²) in [7, 11) is 2.01. The lowest BCUT2D eigenvalue weighted by atomic mass is 10.1. The Labute approximate surface area is 123 Å². The van der Waals surface area contributed by atoms with Crippen LogP contribution >= 0.6 is 11.3 Å². The maximum Gasteiger partial charge on any atom is 0.0973 e. The summed E-state index contributed by atoms with van der Waals surface area (Å²) in [5, 5.41) is 12.1. The number of hydrogen-bond donors (Lipinski definition) is 2. The molecule has 2 rings (SSSR count). The van der Waals surface area contributed by atoms with E-state index in [1.165, 1.54) is 0 Å². The average Bonchev–Trinajstić information content (AvgIpc) is 2.88. The maximum atomic E-state index is 8.93. The Morgan fingerprint density at radius 2 is 2.25 bits per heavy atom. The molecule has 3 N–H and O–H groups in total. The minimum Gasteiger partial charge on any atom is -0.399 e. The van der Waals surface area contributed by atoms with Gasteiger partial charge in [-0.15, -0.1) is 11.3 Å². The summed E-state index contributed by atoms with van der Waals surface area (Å²) in [6.07, 6.45) is 0. The van der Waals surface area contributed by atoms with E-state index in [-0.39, 0.29) is 6.61 Å². The fourth-order valence-electron chi connectivity index (χ4n) is 2.15. The molecule has 5 heteroatoms. The van der Waals surface area contributed by atoms with E-state index in [2.05, 4.69) is 17.2 Å². The normalized spacial score (nSPS) is 12.8. The molecule has 0 aliphatic rings. The van der Waals surface area contributed by atoms with Gasteiger partial charge in [-0.05, 0) is 19.2 Å². The number of hydrogen-bond acceptors (Lipinski definition) is 5. The second kappa shape index (κ2) is 6.83. The highest BCUT2D eigenvalue weighted by Gasteiger charge is 2.13. The molecule has 1 unspecified atom stereocenters. The molecule has 0 fully saturated rings. The Morgan fingerprint density at radius 3 is 2.95 bits per heavy atom. The Morgan fingerprint density at radius 1 is 1.45 bits per heavy atom. The van der Waals surface area contributed by atoms with Crippen molar-refractivity contribution in [1.82, 2.24) is 9.88 Å². The largest absolute Gasteiger partial charge is 0.399 e. The van der Waals surface area contributed by atoms with Gasteiger partial charge in [0.25, 0.3) is 0 Å². The average molecular weight is 291 g/mol. The number of nitrogen functional groups attached to an aromatic ring is 1. The quantitative estimate of drug-likeness (QED) is 0.802. The van der Waals surface area contributed by atoms with Crippen LogP contribution in [0, 0.1) is 0 Å². The molecule has 1 atom stereocenters. The minimum atomic E-state index is 0.190. The third-order valence-corrected chi connectivity index (χ3v) is 4.27. The van der Waals surface area contributed by atoms with E-state index in [1.54, 1.807) is 11.3 Å². The molecule has 0 radical (unpaired) electrons. The van der Waals surface area contributed by atoms with Gasteiger partial charge in [0.1, 0.15) is 0 Å². The maximum absolute atomic E-state index is 8.93. The standard InChI is InChI=1S/C15H21N3OS/c1-11(9-18(2)6-7-19)15-17-14(10-20-15)12-4-3-5-13(16)8-12/h3-5,8,10-11,19H,6-7,9,16H2,1-2H3. The molecule has 0 bridgehead atoms. The summed E-state index contributed by atoms with van der Waals surface area (Å²) in [4.78, 5) is 6.83. The highest BCUT2D eigenvalue weighted by molar-refractivity contribution is 7.10. The van der Waals surface area contributed by atoms with Crippen molar-refractivity contribution in [3.63, 3.8) is 0 Å². The molecule has 0 saturated heterocycles. The zero-order chi connectivity index (χ0) is 14.5. The number of aromatic nitrogens is 1. The number of likely N-dealkylation sites (N-methyl/N-ethyl adjacent to an activating group) is 1. The SMILES string of the molecule is CC(CN(C)CCO)c1nc(-c2cccc(N)c2)cs1. The van der Waals surface area contributed by atoms with Crippen LogP contribution in [0.4, 0.5) is 5.69 Å². The summed E-state index contributed by atoms with van der Waals surface area (Å²) in [5.41, 5.74) is 8.60. The number of anilines is 1. The number of nitrogens with two attached hydrogens (primary N) is 1. The highest BCUT2D eigenvalue weighted by Crippen LogP contribution is 2.27. The zero-order valence-electron chi connectivity index (χ0n) is 11.9. The summed E-state index contributed by atoms with van der Waals surface area (Å²) in [6, 6.07) is 7.80. The predicted molar refractivity (Wildman–Crippen MR) is 85.0 cm³/mol. The van der Waals surface area contributed by atoms with Crippen molar-refractivity contribution in [3.8, 4) is 11.3 Å². The van der Waals surface area contributed by atoms with Crippen molar-refractivity contribution >= 4 is 17.0 Å². The monoisotopic (exact) mass is 291 g/mol. The van der Waals surface area contributed by atoms with Gasteiger partial charge in [-0.2, -0.15) is 0 Å². The Bertz CT molecular complexity index is 556. The number of nitrogens with zero attached hydrogens (tertiary/aromatic N) is 2. The first kappa shape index (κ1) is 15.0. The van der Waals surface area contributed by atoms with E-state index in [1.807, 2.05) is 31.3 Å². The van der Waals surface area contributed by atoms with Gasteiger partial charge in [0.05, 0.1) is 17.3 Å². The first-order valence-corrected chi connectivity index (χ1v) is 7.59. The number of aliphatic hydroxyl groups is 1. The second-order valence-corrected chi connectivity index (χ2v) is 5.97. The molecular weight excluding hydrogens is 270 g/mol. The van der Waals surface area contributed by atoms with Crippen LogP contribution in [0.25, 0.3) is 11.3 Å². The van der Waals surface area contributed by atoms with Gasteiger partial charge < -0.3 is 15.7 Å². The predicted octanol–water partition coefficient (Wildman–Crippen LogP) is 2.42. The van der Waals surface area contributed by atoms with Crippen LogP contribution in [0.3, 0.4) is 0 Å². The molecule has 20 heavy (non-hydrogen) atoms. The fraction of sp³-hybridized carbons (Fsp3) is 0.400. The first-order valence-electron chi connectivity index (χ1n) is 6.71. The number of benzene rings is 1. The van der Waals surface area contributed by atoms with Crippen molar-refractivity contribution in [3.05, 3.63) is 34.7 Å². The summed E-state index contributed by atoms with van der Waals surface area (Å²) >= 11 is 1.68. The fourth-order valence-corrected chi connectivity index (χ4v) is 3.03. The lowest BCUT2D eigenvalue weighted by molar-refractivity contribution is 0.216. The molecule has 1 aromatic heterocycles. The van der Waals surface area contributed by atoms with E-state index in [0.29, 0.717) is 12.5 Å². The summed E-state index contributed by atoms with van der Waals surface area (Å²) < 4.78 is 0. The molecule has 0 amide bonds. The third-order valence-electron chi connectivity index (χ3n) is 3.19. The third kappa shape index (κ3) is 3.79. The topological polar surface area (TPSA) is 62.4 Å². The molecule has 108 valence electrons. The first-order chi connectivity index (χ1) is 9.60. The van der Waals surface area contributed by atoms with Gasteiger partial charge in [0, 0.05) is 35.6 Å². The Balaban J connectivity index is 2.08. The molecule has 2 aromatic rings. The zero-order valence-corrected chi connectivity index (χ0v) is 12.7. The van der Waals surface area contributed by atoms with Gasteiger partial charge in [0.15, 0.2) is 0 Å². The van der Waals surface area contributed by atoms with E-state index in [4.69, 9.17) is 15.8 Å². The van der Waals surface area contributed by atoms with Crippen LogP contribution in [-0.4, -0.2) is 41.7 Å². The van der Waals surface area contributed by atoms with Crippen molar-refractivity contribution in [2.75, 3.05) is 32.5 Å². The van der Waals surface area contributed by atoms with Gasteiger partial charge >= 0.3 is 0 Å². The van der Waals surface area contributed by atoms with Gasteiger partial charge in [-0.25, -0.2) is 4.98 Å². The lowest BCUT2D eigenvalue weighted by Gasteiger charge is -2.18. The Hall–Kier alpha value is -1.43. The van der Waals surface area contributed by atoms with Crippen LogP contribution in [0.15, 0.2) is 29.6 Å². The molecule has 0 aliphatic heterocycles. The molecule has 0 saturated carbocycles. The molecule has 0 spiro atoms. The minimum absolute atomic E-state index is 0.190. The van der Waals surface area contributed by atoms with Crippen LogP contribution in [0.1, 0.15) is 17.8 Å².